The van der Waals surface area contributed by atoms with Crippen LogP contribution in [-0.4, -0.2) is 15.6 Å². The van der Waals surface area contributed by atoms with Gasteiger partial charge in [0.15, 0.2) is 11.6 Å². The molecule has 0 atom stereocenters. The maximum Gasteiger partial charge on any atom is 0.174 e. The molecule has 0 unspecified atom stereocenters. The van der Waals surface area contributed by atoms with Crippen molar-refractivity contribution in [2.75, 3.05) is 0 Å². The van der Waals surface area contributed by atoms with Crippen LogP contribution in [0.4, 0.5) is 0 Å². The van der Waals surface area contributed by atoms with Crippen molar-refractivity contribution in [3.8, 4) is 11.6 Å². The van der Waals surface area contributed by atoms with E-state index < -0.39 is 0 Å². The molecule has 0 aliphatic rings. The maximum atomic E-state index is 6.09. The molecule has 0 radical (unpaired) electrons. The summed E-state index contributed by atoms with van der Waals surface area (Å²) in [5.74, 6) is 2.67. The molecular formula is C23H30N2O2. The summed E-state index contributed by atoms with van der Waals surface area (Å²) < 4.78 is 12.0. The van der Waals surface area contributed by atoms with Gasteiger partial charge in [0, 0.05) is 5.69 Å². The Balaban J connectivity index is 2.37. The second-order valence-electron chi connectivity index (χ2n) is 7.33. The molecule has 0 fully saturated rings. The van der Waals surface area contributed by atoms with Crippen molar-refractivity contribution in [2.24, 2.45) is 0 Å². The van der Waals surface area contributed by atoms with Crippen LogP contribution in [0, 0.1) is 6.92 Å². The number of aromatic nitrogens is 2. The highest BCUT2D eigenvalue weighted by molar-refractivity contribution is 5.76. The topological polar surface area (TPSA) is 51.1 Å². The van der Waals surface area contributed by atoms with Crippen LogP contribution < -0.4 is 0 Å². The molecule has 0 saturated carbocycles. The van der Waals surface area contributed by atoms with Crippen molar-refractivity contribution >= 4 is 11.1 Å². The van der Waals surface area contributed by atoms with Crippen LogP contribution in [0.5, 0.6) is 0 Å². The van der Waals surface area contributed by atoms with Gasteiger partial charge >= 0.3 is 0 Å². The van der Waals surface area contributed by atoms with E-state index in [0.29, 0.717) is 23.1 Å². The summed E-state index contributed by atoms with van der Waals surface area (Å²) in [5, 5.41) is 0. The lowest BCUT2D eigenvalue weighted by molar-refractivity contribution is 0.0627. The van der Waals surface area contributed by atoms with E-state index in [2.05, 4.69) is 36.1 Å². The summed E-state index contributed by atoms with van der Waals surface area (Å²) in [6.45, 7) is 20.0. The Hall–Kier alpha value is -2.75. The molecule has 27 heavy (non-hydrogen) atoms. The number of ether oxygens (including phenoxy) is 1. The molecule has 0 aliphatic carbocycles. The third-order valence-electron chi connectivity index (χ3n) is 3.93. The molecule has 144 valence electrons. The highest BCUT2D eigenvalue weighted by atomic mass is 16.5. The number of nitrogens with one attached hydrogen (secondary N) is 1. The molecule has 0 amide bonds. The zero-order chi connectivity index (χ0) is 20.2. The fraction of sp³-hybridized carbons (Fsp3) is 0.348. The smallest absolute Gasteiger partial charge is 0.174 e. The number of rotatable bonds is 7. The minimum absolute atomic E-state index is 0.320. The van der Waals surface area contributed by atoms with Crippen molar-refractivity contribution in [3.63, 3.8) is 0 Å². The van der Waals surface area contributed by atoms with Gasteiger partial charge in [-0.2, -0.15) is 0 Å². The average Bonchev–Trinajstić information content (AvgIpc) is 3.19. The summed E-state index contributed by atoms with van der Waals surface area (Å²) in [6, 6.07) is 3.84. The fourth-order valence-corrected chi connectivity index (χ4v) is 2.80. The Morgan fingerprint density at radius 1 is 1.33 bits per heavy atom. The summed E-state index contributed by atoms with van der Waals surface area (Å²) >= 11 is 0. The largest absolute Gasteiger partial charge is 0.488 e. The Bertz CT molecular complexity index is 886. The Morgan fingerprint density at radius 2 is 2.04 bits per heavy atom. The van der Waals surface area contributed by atoms with Gasteiger partial charge in [-0.25, -0.2) is 4.98 Å². The maximum absolute atomic E-state index is 6.09. The quantitative estimate of drug-likeness (QED) is 0.439. The molecule has 2 rings (SSSR count). The molecule has 0 aromatic carbocycles. The van der Waals surface area contributed by atoms with Gasteiger partial charge in [0.1, 0.15) is 17.1 Å². The summed E-state index contributed by atoms with van der Waals surface area (Å²) in [5.41, 5.74) is 3.38. The van der Waals surface area contributed by atoms with Crippen LogP contribution in [0.25, 0.3) is 22.7 Å². The highest BCUT2D eigenvalue weighted by Crippen LogP contribution is 2.32. The Kier molecular flexibility index (Phi) is 6.32. The van der Waals surface area contributed by atoms with Gasteiger partial charge in [0.2, 0.25) is 0 Å². The van der Waals surface area contributed by atoms with Crippen LogP contribution in [0.3, 0.4) is 0 Å². The number of allylic oxidation sites excluding steroid dienone is 5. The number of aryl methyl sites for hydroxylation is 1. The summed E-state index contributed by atoms with van der Waals surface area (Å²) in [4.78, 5) is 7.98. The van der Waals surface area contributed by atoms with E-state index in [4.69, 9.17) is 9.15 Å². The monoisotopic (exact) mass is 366 g/mol. The molecule has 2 heterocycles. The van der Waals surface area contributed by atoms with Gasteiger partial charge in [-0.05, 0) is 58.7 Å². The van der Waals surface area contributed by atoms with Crippen molar-refractivity contribution < 1.29 is 9.15 Å². The Labute approximate surface area is 162 Å². The van der Waals surface area contributed by atoms with Crippen molar-refractivity contribution in [2.45, 2.75) is 53.6 Å². The van der Waals surface area contributed by atoms with Gasteiger partial charge in [0.25, 0.3) is 0 Å². The number of furan rings is 1. The molecule has 0 saturated heterocycles. The predicted molar refractivity (Wildman–Crippen MR) is 113 cm³/mol. The van der Waals surface area contributed by atoms with E-state index in [1.807, 2.05) is 52.8 Å². The van der Waals surface area contributed by atoms with Gasteiger partial charge in [0.05, 0.1) is 11.3 Å². The number of H-pyrrole nitrogens is 1. The van der Waals surface area contributed by atoms with E-state index >= 15 is 0 Å². The first-order valence-electron chi connectivity index (χ1n) is 9.24. The van der Waals surface area contributed by atoms with Gasteiger partial charge in [-0.15, -0.1) is 0 Å². The predicted octanol–water partition coefficient (Wildman–Crippen LogP) is 6.69. The summed E-state index contributed by atoms with van der Waals surface area (Å²) in [6.07, 6.45) is 6.71. The van der Waals surface area contributed by atoms with E-state index in [1.54, 1.807) is 6.08 Å². The van der Waals surface area contributed by atoms with E-state index in [0.717, 1.165) is 29.0 Å². The molecule has 2 aromatic rings. The molecule has 4 heteroatoms. The fourth-order valence-electron chi connectivity index (χ4n) is 2.80. The lowest BCUT2D eigenvalue weighted by Gasteiger charge is -2.23. The van der Waals surface area contributed by atoms with Crippen LogP contribution in [-0.2, 0) is 4.74 Å². The third kappa shape index (κ3) is 4.91. The van der Waals surface area contributed by atoms with Gasteiger partial charge < -0.3 is 14.1 Å². The minimum atomic E-state index is -0.320. The number of aromatic amines is 1. The van der Waals surface area contributed by atoms with E-state index in [9.17, 15) is 0 Å². The standard InChI is InChI=1S/C23H30N2O2/c1-9-12-18(16(5)27-23(6,7)8)19-13-14-20(26-19)22-24-15(4)21(25-22)17(10-2)11-3/h10-14H,2,5,9H2,1,3-4,6-8H3,(H,24,25)/b17-11+,18-12+. The molecule has 0 aliphatic heterocycles. The molecule has 4 nitrogen and oxygen atoms in total. The molecule has 1 N–H and O–H groups in total. The molecule has 2 aromatic heterocycles. The molecule has 0 bridgehead atoms. The van der Waals surface area contributed by atoms with Crippen LogP contribution in [0.2, 0.25) is 0 Å². The Morgan fingerprint density at radius 3 is 2.59 bits per heavy atom. The second-order valence-corrected chi connectivity index (χ2v) is 7.33. The van der Waals surface area contributed by atoms with Gasteiger partial charge in [-0.3, -0.25) is 0 Å². The number of hydrogen-bond acceptors (Lipinski definition) is 3. The molecular weight excluding hydrogens is 336 g/mol. The zero-order valence-corrected chi connectivity index (χ0v) is 17.3. The van der Waals surface area contributed by atoms with Crippen LogP contribution in [0.1, 0.15) is 58.2 Å². The summed E-state index contributed by atoms with van der Waals surface area (Å²) in [7, 11) is 0. The molecule has 0 spiro atoms. The normalized spacial score (nSPS) is 13.0. The number of hydrogen-bond donors (Lipinski definition) is 1. The van der Waals surface area contributed by atoms with Crippen LogP contribution in [0.15, 0.2) is 53.7 Å². The SMILES string of the molecule is C=C/C(=C\C)c1nc(-c2ccc(/C(=C/CC)C(=C)OC(C)(C)C)o2)[nH]c1C. The lowest BCUT2D eigenvalue weighted by atomic mass is 10.1. The van der Waals surface area contributed by atoms with E-state index in [-0.39, 0.29) is 5.60 Å². The lowest BCUT2D eigenvalue weighted by Crippen LogP contribution is -2.18. The highest BCUT2D eigenvalue weighted by Gasteiger charge is 2.20. The van der Waals surface area contributed by atoms with Crippen LogP contribution >= 0.6 is 0 Å². The zero-order valence-electron chi connectivity index (χ0n) is 17.3. The van der Waals surface area contributed by atoms with E-state index in [1.165, 1.54) is 0 Å². The second kappa shape index (κ2) is 8.30. The number of nitrogens with zero attached hydrogens (tertiary/aromatic N) is 1. The first-order valence-corrected chi connectivity index (χ1v) is 9.24. The first kappa shape index (κ1) is 20.6. The first-order chi connectivity index (χ1) is 12.7. The van der Waals surface area contributed by atoms with Crippen molar-refractivity contribution in [1.82, 2.24) is 9.97 Å². The number of imidazole rings is 1. The third-order valence-corrected chi connectivity index (χ3v) is 3.93. The average molecular weight is 367 g/mol. The van der Waals surface area contributed by atoms with Gasteiger partial charge in [-0.1, -0.05) is 38.3 Å². The van der Waals surface area contributed by atoms with Crippen molar-refractivity contribution in [3.05, 3.63) is 66.4 Å². The minimum Gasteiger partial charge on any atom is -0.488 e. The van der Waals surface area contributed by atoms with Crippen molar-refractivity contribution in [1.29, 1.82) is 0 Å².